The van der Waals surface area contributed by atoms with E-state index in [4.69, 9.17) is 0 Å². The summed E-state index contributed by atoms with van der Waals surface area (Å²) in [5.41, 5.74) is 0.747. The van der Waals surface area contributed by atoms with E-state index >= 15 is 0 Å². The van der Waals surface area contributed by atoms with E-state index in [1.54, 1.807) is 12.1 Å². The second kappa shape index (κ2) is 7.80. The first kappa shape index (κ1) is 19.5. The van der Waals surface area contributed by atoms with E-state index in [1.807, 2.05) is 18.2 Å². The number of nitrogens with zero attached hydrogens (tertiary/aromatic N) is 2. The van der Waals surface area contributed by atoms with Gasteiger partial charge in [0.2, 0.25) is 5.91 Å². The number of fused-ring (bicyclic) bond motifs is 1. The lowest BCUT2D eigenvalue weighted by atomic mass is 9.87. The van der Waals surface area contributed by atoms with Crippen LogP contribution in [0.15, 0.2) is 42.6 Å². The van der Waals surface area contributed by atoms with Gasteiger partial charge in [-0.1, -0.05) is 18.2 Å². The van der Waals surface area contributed by atoms with Crippen molar-refractivity contribution in [2.45, 2.75) is 31.4 Å². The number of ketones is 1. The highest BCUT2D eigenvalue weighted by Crippen LogP contribution is 2.30. The van der Waals surface area contributed by atoms with E-state index in [0.717, 1.165) is 23.4 Å². The lowest BCUT2D eigenvalue weighted by Gasteiger charge is -2.24. The number of rotatable bonds is 5. The molecule has 0 fully saturated rings. The Kier molecular flexibility index (Phi) is 5.45. The molecule has 1 aromatic heterocycles. The first-order valence-electron chi connectivity index (χ1n) is 8.64. The Morgan fingerprint density at radius 1 is 1.29 bits per heavy atom. The van der Waals surface area contributed by atoms with Crippen LogP contribution in [0.2, 0.25) is 0 Å². The van der Waals surface area contributed by atoms with Gasteiger partial charge in [-0.3, -0.25) is 14.6 Å². The van der Waals surface area contributed by atoms with Gasteiger partial charge in [0.15, 0.2) is 5.78 Å². The minimum absolute atomic E-state index is 0.0288. The van der Waals surface area contributed by atoms with Crippen LogP contribution in [0.5, 0.6) is 0 Å². The number of pyridine rings is 1. The molecular weight excluding hydrogens is 371 g/mol. The first-order valence-corrected chi connectivity index (χ1v) is 8.64. The van der Waals surface area contributed by atoms with Crippen molar-refractivity contribution in [3.05, 3.63) is 59.4 Å². The summed E-state index contributed by atoms with van der Waals surface area (Å²) in [4.78, 5) is 28.3. The minimum atomic E-state index is -4.54. The fourth-order valence-corrected chi connectivity index (χ4v) is 3.15. The van der Waals surface area contributed by atoms with Crippen LogP contribution in [0, 0.1) is 17.2 Å². The largest absolute Gasteiger partial charge is 0.417 e. The molecule has 2 heterocycles. The maximum absolute atomic E-state index is 12.6. The monoisotopic (exact) mass is 387 g/mol. The molecule has 3 rings (SSSR count). The molecule has 0 aliphatic carbocycles. The Balaban J connectivity index is 1.65. The number of nitrogens with one attached hydrogen (secondary N) is 1. The second-order valence-corrected chi connectivity index (χ2v) is 6.58. The summed E-state index contributed by atoms with van der Waals surface area (Å²) in [6.07, 6.45) is -3.23. The molecule has 8 heteroatoms. The van der Waals surface area contributed by atoms with Gasteiger partial charge in [0.05, 0.1) is 17.3 Å². The number of anilines is 1. The van der Waals surface area contributed by atoms with Crippen molar-refractivity contribution < 1.29 is 22.8 Å². The van der Waals surface area contributed by atoms with E-state index in [1.165, 1.54) is 0 Å². The highest BCUT2D eigenvalue weighted by atomic mass is 19.4. The topological polar surface area (TPSA) is 82.9 Å². The third kappa shape index (κ3) is 4.19. The summed E-state index contributed by atoms with van der Waals surface area (Å²) in [7, 11) is 0. The average molecular weight is 387 g/mol. The quantitative estimate of drug-likeness (QED) is 0.844. The molecule has 2 atom stereocenters. The summed E-state index contributed by atoms with van der Waals surface area (Å²) in [6, 6.07) is 11.0. The molecule has 1 N–H and O–H groups in total. The Bertz CT molecular complexity index is 933. The molecular formula is C20H16F3N3O2. The van der Waals surface area contributed by atoms with Crippen LogP contribution >= 0.6 is 0 Å². The second-order valence-electron chi connectivity index (χ2n) is 6.58. The molecule has 1 aliphatic rings. The van der Waals surface area contributed by atoms with E-state index in [2.05, 4.69) is 10.3 Å². The molecule has 2 aromatic rings. The van der Waals surface area contributed by atoms with Crippen LogP contribution in [0.4, 0.5) is 18.9 Å². The highest BCUT2D eigenvalue weighted by molar-refractivity contribution is 5.96. The van der Waals surface area contributed by atoms with Crippen molar-refractivity contribution in [1.82, 2.24) is 4.98 Å². The van der Waals surface area contributed by atoms with Gasteiger partial charge in [0.25, 0.3) is 0 Å². The fraction of sp³-hybridized carbons (Fsp3) is 0.300. The van der Waals surface area contributed by atoms with Crippen molar-refractivity contribution in [3.63, 3.8) is 0 Å². The van der Waals surface area contributed by atoms with Gasteiger partial charge in [-0.15, -0.1) is 0 Å². The van der Waals surface area contributed by atoms with Crippen molar-refractivity contribution in [2.75, 3.05) is 5.32 Å². The molecule has 0 saturated carbocycles. The van der Waals surface area contributed by atoms with Gasteiger partial charge < -0.3 is 5.32 Å². The molecule has 2 unspecified atom stereocenters. The van der Waals surface area contributed by atoms with E-state index in [9.17, 15) is 28.0 Å². The maximum atomic E-state index is 12.6. The van der Waals surface area contributed by atoms with E-state index in [0.29, 0.717) is 12.6 Å². The Morgan fingerprint density at radius 2 is 2.04 bits per heavy atom. The first-order chi connectivity index (χ1) is 13.3. The predicted molar refractivity (Wildman–Crippen MR) is 94.1 cm³/mol. The summed E-state index contributed by atoms with van der Waals surface area (Å²) in [5, 5.41) is 12.1. The molecule has 0 spiro atoms. The third-order valence-corrected chi connectivity index (χ3v) is 4.71. The van der Waals surface area contributed by atoms with E-state index < -0.39 is 29.4 Å². The molecule has 144 valence electrons. The van der Waals surface area contributed by atoms with E-state index in [-0.39, 0.29) is 24.4 Å². The Labute approximate surface area is 159 Å². The molecule has 0 radical (unpaired) electrons. The van der Waals surface area contributed by atoms with Gasteiger partial charge in [-0.05, 0) is 36.6 Å². The number of para-hydroxylation sites is 1. The van der Waals surface area contributed by atoms with Crippen LogP contribution in [0.3, 0.4) is 0 Å². The number of alkyl halides is 3. The predicted octanol–water partition coefficient (Wildman–Crippen LogP) is 3.87. The molecule has 1 aliphatic heterocycles. The van der Waals surface area contributed by atoms with Gasteiger partial charge in [-0.2, -0.15) is 18.4 Å². The molecule has 1 amide bonds. The lowest BCUT2D eigenvalue weighted by molar-refractivity contribution is -0.137. The van der Waals surface area contributed by atoms with Crippen LogP contribution in [0.1, 0.15) is 35.6 Å². The molecule has 5 nitrogen and oxygen atoms in total. The summed E-state index contributed by atoms with van der Waals surface area (Å²) >= 11 is 0. The number of halogens is 3. The van der Waals surface area contributed by atoms with Gasteiger partial charge in [-0.25, -0.2) is 0 Å². The molecule has 0 bridgehead atoms. The number of amides is 1. The van der Waals surface area contributed by atoms with Gasteiger partial charge in [0, 0.05) is 24.2 Å². The third-order valence-electron chi connectivity index (χ3n) is 4.71. The minimum Gasteiger partial charge on any atom is -0.326 e. The average Bonchev–Trinajstić information content (AvgIpc) is 2.66. The van der Waals surface area contributed by atoms with Crippen molar-refractivity contribution in [3.8, 4) is 6.07 Å². The highest BCUT2D eigenvalue weighted by Gasteiger charge is 2.32. The number of carbonyl (C=O) groups excluding carboxylic acids is 2. The Morgan fingerprint density at radius 3 is 2.68 bits per heavy atom. The van der Waals surface area contributed by atoms with Gasteiger partial charge >= 0.3 is 6.18 Å². The van der Waals surface area contributed by atoms with Crippen LogP contribution in [-0.2, 0) is 22.2 Å². The Hall–Kier alpha value is -3.21. The number of nitriles is 1. The standard InChI is InChI=1S/C20H16F3N3O2/c21-20(22,23)14-6-7-17(25-11-14)15(10-24)18(27)8-5-13-9-12-3-1-2-4-16(12)26-19(13)28/h1-4,6-7,11,13,15H,5,8-9H2,(H,26,28). The molecule has 1 aromatic carbocycles. The van der Waals surface area contributed by atoms with Crippen LogP contribution in [-0.4, -0.2) is 16.7 Å². The van der Waals surface area contributed by atoms with Crippen LogP contribution < -0.4 is 5.32 Å². The molecule has 0 saturated heterocycles. The summed E-state index contributed by atoms with van der Waals surface area (Å²) in [5.74, 6) is -2.32. The van der Waals surface area contributed by atoms with Crippen molar-refractivity contribution in [1.29, 1.82) is 5.26 Å². The van der Waals surface area contributed by atoms with Gasteiger partial charge in [0.1, 0.15) is 5.92 Å². The SMILES string of the molecule is N#CC(C(=O)CCC1Cc2ccccc2NC1=O)c1ccc(C(F)(F)F)cn1. The number of carbonyl (C=O) groups is 2. The zero-order valence-corrected chi connectivity index (χ0v) is 14.7. The number of aromatic nitrogens is 1. The lowest BCUT2D eigenvalue weighted by Crippen LogP contribution is -2.30. The van der Waals surface area contributed by atoms with Crippen molar-refractivity contribution in [2.24, 2.45) is 5.92 Å². The zero-order chi connectivity index (χ0) is 20.3. The normalized spacial score (nSPS) is 17.2. The smallest absolute Gasteiger partial charge is 0.326 e. The fourth-order valence-electron chi connectivity index (χ4n) is 3.15. The number of hydrogen-bond acceptors (Lipinski definition) is 4. The van der Waals surface area contributed by atoms with Crippen LogP contribution in [0.25, 0.3) is 0 Å². The summed E-state index contributed by atoms with van der Waals surface area (Å²) in [6.45, 7) is 0. The summed E-state index contributed by atoms with van der Waals surface area (Å²) < 4.78 is 37.9. The zero-order valence-electron chi connectivity index (χ0n) is 14.7. The number of hydrogen-bond donors (Lipinski definition) is 1. The number of benzene rings is 1. The molecule has 28 heavy (non-hydrogen) atoms. The van der Waals surface area contributed by atoms with Crippen molar-refractivity contribution >= 4 is 17.4 Å². The maximum Gasteiger partial charge on any atom is 0.417 e. The number of Topliss-reactive ketones (excluding diaryl/α,β-unsaturated/α-hetero) is 1.